The maximum absolute atomic E-state index is 4.67. The Morgan fingerprint density at radius 2 is 2.00 bits per heavy atom. The van der Waals surface area contributed by atoms with E-state index in [0.29, 0.717) is 0 Å². The zero-order chi connectivity index (χ0) is 11.8. The van der Waals surface area contributed by atoms with Gasteiger partial charge in [-0.05, 0) is 19.9 Å². The molecule has 1 aliphatic rings. The number of benzene rings is 1. The fraction of sp³-hybridized carbons (Fsp3) is 0.357. The molecule has 0 atom stereocenters. The number of nitrogens with one attached hydrogen (secondary N) is 1. The maximum Gasteiger partial charge on any atom is 0.0958 e. The van der Waals surface area contributed by atoms with E-state index in [-0.39, 0.29) is 0 Å². The van der Waals surface area contributed by atoms with E-state index in [0.717, 1.165) is 25.2 Å². The molecule has 0 aliphatic carbocycles. The molecule has 0 saturated heterocycles. The van der Waals surface area contributed by atoms with Crippen LogP contribution in [0.3, 0.4) is 0 Å². The van der Waals surface area contributed by atoms with Gasteiger partial charge in [-0.15, -0.1) is 0 Å². The van der Waals surface area contributed by atoms with Crippen LogP contribution >= 0.6 is 0 Å². The molecule has 2 heterocycles. The van der Waals surface area contributed by atoms with Crippen molar-refractivity contribution in [3.8, 4) is 11.3 Å². The highest BCUT2D eigenvalue weighted by Crippen LogP contribution is 2.27. The predicted octanol–water partition coefficient (Wildman–Crippen LogP) is 2.04. The van der Waals surface area contributed by atoms with Gasteiger partial charge in [0.1, 0.15) is 0 Å². The minimum absolute atomic E-state index is 0.935. The Hall–Kier alpha value is -1.61. The lowest BCUT2D eigenvalue weighted by Gasteiger charge is -2.14. The van der Waals surface area contributed by atoms with E-state index >= 15 is 0 Å². The summed E-state index contributed by atoms with van der Waals surface area (Å²) in [5, 5.41) is 8.06. The van der Waals surface area contributed by atoms with E-state index in [1.807, 2.05) is 11.7 Å². The number of aryl methyl sites for hydroxylation is 2. The molecule has 1 aromatic carbocycles. The van der Waals surface area contributed by atoms with Gasteiger partial charge < -0.3 is 5.32 Å². The summed E-state index contributed by atoms with van der Waals surface area (Å²) in [5.41, 5.74) is 6.42. The monoisotopic (exact) mass is 227 g/mol. The Morgan fingerprint density at radius 3 is 2.76 bits per heavy atom. The molecule has 0 saturated carbocycles. The highest BCUT2D eigenvalue weighted by molar-refractivity contribution is 5.64. The van der Waals surface area contributed by atoms with Crippen molar-refractivity contribution < 1.29 is 0 Å². The van der Waals surface area contributed by atoms with E-state index in [2.05, 4.69) is 41.6 Å². The highest BCUT2D eigenvalue weighted by atomic mass is 15.3. The van der Waals surface area contributed by atoms with Crippen molar-refractivity contribution in [3.63, 3.8) is 0 Å². The van der Waals surface area contributed by atoms with Crippen molar-refractivity contribution in [3.05, 3.63) is 41.1 Å². The van der Waals surface area contributed by atoms with Gasteiger partial charge in [-0.1, -0.05) is 29.8 Å². The first-order valence-electron chi connectivity index (χ1n) is 6.08. The molecule has 0 bridgehead atoms. The van der Waals surface area contributed by atoms with E-state index in [4.69, 9.17) is 0 Å². The standard InChI is InChI=1S/C14H17N3/c1-10-3-5-11(6-4-10)14-12-7-8-15-9-13(12)17(2)16-14/h3-6,15H,7-9H2,1-2H3. The lowest BCUT2D eigenvalue weighted by molar-refractivity contribution is 0.593. The third kappa shape index (κ3) is 1.76. The summed E-state index contributed by atoms with van der Waals surface area (Å²) in [6.45, 7) is 4.10. The van der Waals surface area contributed by atoms with Gasteiger partial charge >= 0.3 is 0 Å². The van der Waals surface area contributed by atoms with E-state index < -0.39 is 0 Å². The SMILES string of the molecule is Cc1ccc(-c2nn(C)c3c2CCNC3)cc1. The molecule has 0 spiro atoms. The largest absolute Gasteiger partial charge is 0.311 e. The molecule has 0 unspecified atom stereocenters. The summed E-state index contributed by atoms with van der Waals surface area (Å²) in [4.78, 5) is 0. The van der Waals surface area contributed by atoms with Crippen molar-refractivity contribution >= 4 is 0 Å². The van der Waals surface area contributed by atoms with Crippen LogP contribution < -0.4 is 5.32 Å². The van der Waals surface area contributed by atoms with Gasteiger partial charge in [-0.3, -0.25) is 4.68 Å². The summed E-state index contributed by atoms with van der Waals surface area (Å²) in [6, 6.07) is 8.63. The number of nitrogens with zero attached hydrogens (tertiary/aromatic N) is 2. The Bertz CT molecular complexity index is 537. The van der Waals surface area contributed by atoms with Gasteiger partial charge in [0.05, 0.1) is 11.4 Å². The minimum atomic E-state index is 0.935. The molecule has 1 aliphatic heterocycles. The Kier molecular flexibility index (Phi) is 2.48. The van der Waals surface area contributed by atoms with Gasteiger partial charge in [-0.25, -0.2) is 0 Å². The van der Waals surface area contributed by atoms with Crippen molar-refractivity contribution in [1.82, 2.24) is 15.1 Å². The number of hydrogen-bond donors (Lipinski definition) is 1. The second kappa shape index (κ2) is 4.00. The number of fused-ring (bicyclic) bond motifs is 1. The smallest absolute Gasteiger partial charge is 0.0958 e. The number of rotatable bonds is 1. The van der Waals surface area contributed by atoms with Crippen molar-refractivity contribution in [1.29, 1.82) is 0 Å². The quantitative estimate of drug-likeness (QED) is 0.808. The molecule has 88 valence electrons. The molecule has 3 heteroatoms. The molecule has 0 amide bonds. The average molecular weight is 227 g/mol. The molecule has 3 nitrogen and oxygen atoms in total. The van der Waals surface area contributed by atoms with Crippen LogP contribution in [0, 0.1) is 6.92 Å². The fourth-order valence-electron chi connectivity index (χ4n) is 2.45. The molecule has 17 heavy (non-hydrogen) atoms. The van der Waals surface area contributed by atoms with Crippen LogP contribution in [-0.2, 0) is 20.0 Å². The fourth-order valence-corrected chi connectivity index (χ4v) is 2.45. The number of hydrogen-bond acceptors (Lipinski definition) is 2. The van der Waals surface area contributed by atoms with Crippen LogP contribution in [0.25, 0.3) is 11.3 Å². The van der Waals surface area contributed by atoms with Gasteiger partial charge in [0.25, 0.3) is 0 Å². The van der Waals surface area contributed by atoms with Crippen molar-refractivity contribution in [2.45, 2.75) is 19.9 Å². The summed E-state index contributed by atoms with van der Waals surface area (Å²) < 4.78 is 2.01. The molecule has 1 aromatic heterocycles. The third-order valence-corrected chi connectivity index (χ3v) is 3.44. The molecule has 3 rings (SSSR count). The van der Waals surface area contributed by atoms with Gasteiger partial charge in [0.15, 0.2) is 0 Å². The highest BCUT2D eigenvalue weighted by Gasteiger charge is 2.19. The number of aromatic nitrogens is 2. The van der Waals surface area contributed by atoms with Gasteiger partial charge in [0.2, 0.25) is 0 Å². The third-order valence-electron chi connectivity index (χ3n) is 3.44. The van der Waals surface area contributed by atoms with E-state index in [1.165, 1.54) is 22.4 Å². The summed E-state index contributed by atoms with van der Waals surface area (Å²) in [6.07, 6.45) is 1.08. The predicted molar refractivity (Wildman–Crippen MR) is 68.8 cm³/mol. The van der Waals surface area contributed by atoms with Crippen molar-refractivity contribution in [2.75, 3.05) is 6.54 Å². The van der Waals surface area contributed by atoms with E-state index in [1.54, 1.807) is 0 Å². The Balaban J connectivity index is 2.11. The van der Waals surface area contributed by atoms with Gasteiger partial charge in [0, 0.05) is 24.7 Å². The van der Waals surface area contributed by atoms with E-state index in [9.17, 15) is 0 Å². The summed E-state index contributed by atoms with van der Waals surface area (Å²) >= 11 is 0. The van der Waals surface area contributed by atoms with Crippen LogP contribution in [0.15, 0.2) is 24.3 Å². The van der Waals surface area contributed by atoms with Crippen LogP contribution in [0.1, 0.15) is 16.8 Å². The molecular formula is C14H17N3. The minimum Gasteiger partial charge on any atom is -0.311 e. The van der Waals surface area contributed by atoms with Crippen molar-refractivity contribution in [2.24, 2.45) is 7.05 Å². The molecule has 1 N–H and O–H groups in total. The zero-order valence-corrected chi connectivity index (χ0v) is 10.3. The maximum atomic E-state index is 4.67. The first kappa shape index (κ1) is 10.5. The van der Waals surface area contributed by atoms with Crippen LogP contribution in [0.4, 0.5) is 0 Å². The lowest BCUT2D eigenvalue weighted by atomic mass is 10.0. The zero-order valence-electron chi connectivity index (χ0n) is 10.3. The van der Waals surface area contributed by atoms with Crippen LogP contribution in [0.5, 0.6) is 0 Å². The molecular weight excluding hydrogens is 210 g/mol. The van der Waals surface area contributed by atoms with Gasteiger partial charge in [-0.2, -0.15) is 5.10 Å². The lowest BCUT2D eigenvalue weighted by Crippen LogP contribution is -2.24. The molecule has 0 fully saturated rings. The first-order valence-corrected chi connectivity index (χ1v) is 6.08. The van der Waals surface area contributed by atoms with Crippen LogP contribution in [-0.4, -0.2) is 16.3 Å². The van der Waals surface area contributed by atoms with Crippen LogP contribution in [0.2, 0.25) is 0 Å². The normalized spacial score (nSPS) is 14.7. The molecule has 0 radical (unpaired) electrons. The Labute approximate surface area is 101 Å². The summed E-state index contributed by atoms with van der Waals surface area (Å²) in [5.74, 6) is 0. The second-order valence-electron chi connectivity index (χ2n) is 4.69. The Morgan fingerprint density at radius 1 is 1.24 bits per heavy atom. The first-order chi connectivity index (χ1) is 8.25. The summed E-state index contributed by atoms with van der Waals surface area (Å²) in [7, 11) is 2.03. The second-order valence-corrected chi connectivity index (χ2v) is 4.69. The molecule has 2 aromatic rings. The topological polar surface area (TPSA) is 29.9 Å². The average Bonchev–Trinajstić information content (AvgIpc) is 2.69.